The summed E-state index contributed by atoms with van der Waals surface area (Å²) in [4.78, 5) is 22.5. The Morgan fingerprint density at radius 2 is 1.91 bits per heavy atom. The fourth-order valence-electron chi connectivity index (χ4n) is 2.88. The molecule has 0 saturated heterocycles. The van der Waals surface area contributed by atoms with E-state index in [4.69, 9.17) is 0 Å². The van der Waals surface area contributed by atoms with Crippen LogP contribution in [0.25, 0.3) is 0 Å². The number of nitrogens with zero attached hydrogens (tertiary/aromatic N) is 1. The molecule has 0 fully saturated rings. The molecule has 0 aliphatic carbocycles. The second kappa shape index (κ2) is 5.26. The number of nitro benzene ring substituents is 1. The van der Waals surface area contributed by atoms with Crippen molar-refractivity contribution < 1.29 is 9.72 Å². The maximum absolute atomic E-state index is 12.0. The minimum atomic E-state index is -0.409. The lowest BCUT2D eigenvalue weighted by Gasteiger charge is -2.27. The van der Waals surface area contributed by atoms with E-state index in [1.807, 2.05) is 26.0 Å². The molecule has 1 atom stereocenters. The van der Waals surface area contributed by atoms with E-state index in [2.05, 4.69) is 11.4 Å². The first-order valence-electron chi connectivity index (χ1n) is 7.11. The molecule has 5 nitrogen and oxygen atoms in total. The van der Waals surface area contributed by atoms with E-state index >= 15 is 0 Å². The zero-order valence-electron chi connectivity index (χ0n) is 12.4. The second-order valence-electron chi connectivity index (χ2n) is 5.68. The van der Waals surface area contributed by atoms with Gasteiger partial charge in [-0.3, -0.25) is 14.9 Å². The number of nitrogens with one attached hydrogen (secondary N) is 1. The molecule has 1 aliphatic heterocycles. The summed E-state index contributed by atoms with van der Waals surface area (Å²) >= 11 is 0. The molecule has 0 unspecified atom stereocenters. The Morgan fingerprint density at radius 1 is 1.18 bits per heavy atom. The highest BCUT2D eigenvalue weighted by atomic mass is 16.6. The summed E-state index contributed by atoms with van der Waals surface area (Å²) in [6.45, 7) is 4.02. The van der Waals surface area contributed by atoms with Gasteiger partial charge in [0, 0.05) is 30.2 Å². The number of rotatable bonds is 2. The normalized spacial score (nSPS) is 16.8. The number of aryl methyl sites for hydroxylation is 2. The minimum Gasteiger partial charge on any atom is -0.326 e. The number of hydrogen-bond donors (Lipinski definition) is 1. The van der Waals surface area contributed by atoms with E-state index in [9.17, 15) is 14.9 Å². The smallest absolute Gasteiger partial charge is 0.269 e. The van der Waals surface area contributed by atoms with Crippen LogP contribution in [0.3, 0.4) is 0 Å². The third-order valence-electron chi connectivity index (χ3n) is 4.19. The van der Waals surface area contributed by atoms with Gasteiger partial charge in [0.05, 0.1) is 4.92 Å². The summed E-state index contributed by atoms with van der Waals surface area (Å²) in [6.07, 6.45) is 0.302. The van der Waals surface area contributed by atoms with Gasteiger partial charge in [0.1, 0.15) is 0 Å². The first kappa shape index (κ1) is 14.3. The van der Waals surface area contributed by atoms with Crippen LogP contribution in [0.2, 0.25) is 0 Å². The SMILES string of the molecule is Cc1cc2c(cc1C)[C@H](c1cccc([N+](=O)[O-])c1)CC(=O)N2. The number of non-ortho nitro benzene ring substituents is 1. The van der Waals surface area contributed by atoms with Crippen LogP contribution in [-0.2, 0) is 4.79 Å². The van der Waals surface area contributed by atoms with E-state index in [0.29, 0.717) is 6.42 Å². The Morgan fingerprint density at radius 3 is 2.64 bits per heavy atom. The number of carbonyl (C=O) groups is 1. The molecule has 0 aromatic heterocycles. The molecule has 0 saturated carbocycles. The highest BCUT2D eigenvalue weighted by molar-refractivity contribution is 5.95. The van der Waals surface area contributed by atoms with E-state index in [0.717, 1.165) is 27.9 Å². The van der Waals surface area contributed by atoms with Crippen LogP contribution in [-0.4, -0.2) is 10.8 Å². The van der Waals surface area contributed by atoms with Crippen LogP contribution in [0.4, 0.5) is 11.4 Å². The number of hydrogen-bond acceptors (Lipinski definition) is 3. The first-order chi connectivity index (χ1) is 10.5. The van der Waals surface area contributed by atoms with E-state index < -0.39 is 4.92 Å². The van der Waals surface area contributed by atoms with Crippen molar-refractivity contribution in [3.63, 3.8) is 0 Å². The molecular formula is C17H16N2O3. The van der Waals surface area contributed by atoms with E-state index in [1.165, 1.54) is 6.07 Å². The maximum atomic E-state index is 12.0. The molecule has 1 heterocycles. The molecule has 2 aromatic carbocycles. The Balaban J connectivity index is 2.13. The number of nitro groups is 1. The van der Waals surface area contributed by atoms with Crippen molar-refractivity contribution >= 4 is 17.3 Å². The van der Waals surface area contributed by atoms with Crippen molar-refractivity contribution in [3.05, 3.63) is 68.8 Å². The molecular weight excluding hydrogens is 280 g/mol. The molecule has 0 bridgehead atoms. The molecule has 22 heavy (non-hydrogen) atoms. The number of fused-ring (bicyclic) bond motifs is 1. The summed E-state index contributed by atoms with van der Waals surface area (Å²) in [7, 11) is 0. The molecule has 1 amide bonds. The highest BCUT2D eigenvalue weighted by Gasteiger charge is 2.27. The van der Waals surface area contributed by atoms with Gasteiger partial charge in [0.15, 0.2) is 0 Å². The standard InChI is InChI=1S/C17H16N2O3/c1-10-6-15-14(9-17(20)18-16(15)7-11(10)2)12-4-3-5-13(8-12)19(21)22/h3-8,14H,9H2,1-2H3,(H,18,20)/t14-/m0/s1. The Kier molecular flexibility index (Phi) is 3.41. The van der Waals surface area contributed by atoms with Gasteiger partial charge in [0.2, 0.25) is 5.91 Å². The molecule has 1 N–H and O–H groups in total. The average molecular weight is 296 g/mol. The quantitative estimate of drug-likeness (QED) is 0.678. The van der Waals surface area contributed by atoms with Gasteiger partial charge < -0.3 is 5.32 Å². The second-order valence-corrected chi connectivity index (χ2v) is 5.68. The highest BCUT2D eigenvalue weighted by Crippen LogP contribution is 2.39. The molecule has 0 spiro atoms. The van der Waals surface area contributed by atoms with Crippen molar-refractivity contribution in [1.29, 1.82) is 0 Å². The predicted molar refractivity (Wildman–Crippen MR) is 84.1 cm³/mol. The molecule has 2 aromatic rings. The van der Waals surface area contributed by atoms with Gasteiger partial charge in [-0.15, -0.1) is 0 Å². The van der Waals surface area contributed by atoms with Crippen molar-refractivity contribution in [2.24, 2.45) is 0 Å². The predicted octanol–water partition coefficient (Wildman–Crippen LogP) is 3.69. The summed E-state index contributed by atoms with van der Waals surface area (Å²) in [5.74, 6) is -0.213. The Bertz CT molecular complexity index is 783. The minimum absolute atomic E-state index is 0.0499. The fourth-order valence-corrected chi connectivity index (χ4v) is 2.88. The number of anilines is 1. The van der Waals surface area contributed by atoms with Crippen LogP contribution in [0, 0.1) is 24.0 Å². The molecule has 112 valence electrons. The number of carbonyl (C=O) groups excluding carboxylic acids is 1. The van der Waals surface area contributed by atoms with Crippen molar-refractivity contribution in [2.75, 3.05) is 5.32 Å². The first-order valence-corrected chi connectivity index (χ1v) is 7.11. The lowest BCUT2D eigenvalue weighted by atomic mass is 9.83. The van der Waals surface area contributed by atoms with Gasteiger partial charge in [-0.1, -0.05) is 18.2 Å². The van der Waals surface area contributed by atoms with Gasteiger partial charge in [-0.25, -0.2) is 0 Å². The molecule has 3 rings (SSSR count). The van der Waals surface area contributed by atoms with Crippen molar-refractivity contribution in [1.82, 2.24) is 0 Å². The zero-order valence-corrected chi connectivity index (χ0v) is 12.4. The number of benzene rings is 2. The monoisotopic (exact) mass is 296 g/mol. The van der Waals surface area contributed by atoms with Crippen LogP contribution in [0.15, 0.2) is 36.4 Å². The third-order valence-corrected chi connectivity index (χ3v) is 4.19. The lowest BCUT2D eigenvalue weighted by Crippen LogP contribution is -2.23. The average Bonchev–Trinajstić information content (AvgIpc) is 2.48. The largest absolute Gasteiger partial charge is 0.326 e. The topological polar surface area (TPSA) is 72.2 Å². The van der Waals surface area contributed by atoms with Crippen molar-refractivity contribution in [2.45, 2.75) is 26.2 Å². The van der Waals surface area contributed by atoms with Crippen LogP contribution < -0.4 is 5.32 Å². The van der Waals surface area contributed by atoms with Gasteiger partial charge in [0.25, 0.3) is 5.69 Å². The van der Waals surface area contributed by atoms with Crippen LogP contribution in [0.1, 0.15) is 34.6 Å². The van der Waals surface area contributed by atoms with Crippen molar-refractivity contribution in [3.8, 4) is 0 Å². The van der Waals surface area contributed by atoms with Crippen LogP contribution in [0.5, 0.6) is 0 Å². The summed E-state index contributed by atoms with van der Waals surface area (Å²) in [5.41, 5.74) is 4.92. The van der Waals surface area contributed by atoms with Crippen LogP contribution >= 0.6 is 0 Å². The lowest BCUT2D eigenvalue weighted by molar-refractivity contribution is -0.384. The summed E-state index contributed by atoms with van der Waals surface area (Å²) in [6, 6.07) is 10.6. The Hall–Kier alpha value is -2.69. The van der Waals surface area contributed by atoms with Gasteiger partial charge in [-0.05, 0) is 42.2 Å². The van der Waals surface area contributed by atoms with Gasteiger partial charge >= 0.3 is 0 Å². The summed E-state index contributed by atoms with van der Waals surface area (Å²) < 4.78 is 0. The summed E-state index contributed by atoms with van der Waals surface area (Å²) in [5, 5.41) is 13.9. The molecule has 0 radical (unpaired) electrons. The zero-order chi connectivity index (χ0) is 15.9. The molecule has 1 aliphatic rings. The van der Waals surface area contributed by atoms with Gasteiger partial charge in [-0.2, -0.15) is 0 Å². The maximum Gasteiger partial charge on any atom is 0.269 e. The number of amides is 1. The Labute approximate surface area is 128 Å². The van der Waals surface area contributed by atoms with E-state index in [1.54, 1.807) is 12.1 Å². The van der Waals surface area contributed by atoms with E-state index in [-0.39, 0.29) is 17.5 Å². The fraction of sp³-hybridized carbons (Fsp3) is 0.235. The third kappa shape index (κ3) is 2.45. The molecule has 5 heteroatoms.